The first kappa shape index (κ1) is 12.6. The van der Waals surface area contributed by atoms with Crippen molar-refractivity contribution in [3.63, 3.8) is 0 Å². The summed E-state index contributed by atoms with van der Waals surface area (Å²) in [5, 5.41) is 3.24. The van der Waals surface area contributed by atoms with Crippen LogP contribution in [0, 0.1) is 0 Å². The number of anilines is 1. The lowest BCUT2D eigenvalue weighted by Crippen LogP contribution is -2.29. The van der Waals surface area contributed by atoms with E-state index in [0.29, 0.717) is 23.0 Å². The Labute approximate surface area is 99.7 Å². The zero-order valence-electron chi connectivity index (χ0n) is 9.13. The highest BCUT2D eigenvalue weighted by Crippen LogP contribution is 2.24. The molecule has 0 saturated carbocycles. The van der Waals surface area contributed by atoms with Crippen LogP contribution in [-0.4, -0.2) is 19.1 Å². The maximum absolute atomic E-state index is 11.3. The van der Waals surface area contributed by atoms with Crippen molar-refractivity contribution in [3.8, 4) is 5.75 Å². The van der Waals surface area contributed by atoms with E-state index in [1.807, 2.05) is 6.92 Å². The lowest BCUT2D eigenvalue weighted by Gasteiger charge is -2.08. The van der Waals surface area contributed by atoms with Crippen LogP contribution >= 0.6 is 11.6 Å². The minimum absolute atomic E-state index is 0.0359. The zero-order chi connectivity index (χ0) is 12.0. The third kappa shape index (κ3) is 3.98. The first-order chi connectivity index (χ1) is 7.63. The van der Waals surface area contributed by atoms with Gasteiger partial charge >= 0.3 is 0 Å². The fourth-order valence-electron chi connectivity index (χ4n) is 1.11. The van der Waals surface area contributed by atoms with Crippen LogP contribution in [0.15, 0.2) is 18.2 Å². The molecule has 0 atom stereocenters. The summed E-state index contributed by atoms with van der Waals surface area (Å²) in [6, 6.07) is 4.89. The number of hydrogen-bond acceptors (Lipinski definition) is 3. The predicted molar refractivity (Wildman–Crippen MR) is 64.7 cm³/mol. The van der Waals surface area contributed by atoms with Crippen LogP contribution in [0.25, 0.3) is 0 Å². The molecule has 4 nitrogen and oxygen atoms in total. The van der Waals surface area contributed by atoms with Gasteiger partial charge in [-0.1, -0.05) is 18.5 Å². The van der Waals surface area contributed by atoms with Crippen LogP contribution in [0.2, 0.25) is 5.02 Å². The van der Waals surface area contributed by atoms with E-state index in [0.717, 1.165) is 6.42 Å². The van der Waals surface area contributed by atoms with Crippen LogP contribution in [-0.2, 0) is 4.79 Å². The second kappa shape index (κ2) is 6.23. The second-order valence-electron chi connectivity index (χ2n) is 3.32. The largest absolute Gasteiger partial charge is 0.482 e. The minimum atomic E-state index is -0.156. The molecule has 0 saturated heterocycles. The number of carbonyl (C=O) groups excluding carboxylic acids is 1. The smallest absolute Gasteiger partial charge is 0.257 e. The van der Waals surface area contributed by atoms with E-state index in [4.69, 9.17) is 22.1 Å². The standard InChI is InChI=1S/C11H15ClN2O2/c1-2-5-14-11(15)7-16-10-4-3-8(12)6-9(10)13/h3-4,6H,2,5,7,13H2,1H3,(H,14,15). The first-order valence-electron chi connectivity index (χ1n) is 5.08. The van der Waals surface area contributed by atoms with Gasteiger partial charge in [-0.05, 0) is 24.6 Å². The molecule has 0 aliphatic carbocycles. The van der Waals surface area contributed by atoms with Crippen molar-refractivity contribution < 1.29 is 9.53 Å². The molecule has 0 fully saturated rings. The average Bonchev–Trinajstić information content (AvgIpc) is 2.25. The molecule has 5 heteroatoms. The van der Waals surface area contributed by atoms with Crippen LogP contribution in [0.4, 0.5) is 5.69 Å². The van der Waals surface area contributed by atoms with Crippen LogP contribution in [0.3, 0.4) is 0 Å². The number of amides is 1. The topological polar surface area (TPSA) is 64.3 Å². The number of carbonyl (C=O) groups is 1. The molecule has 1 aromatic rings. The molecule has 0 heterocycles. The Hall–Kier alpha value is -1.42. The molecule has 0 bridgehead atoms. The molecule has 0 aliphatic heterocycles. The molecular weight excluding hydrogens is 228 g/mol. The summed E-state index contributed by atoms with van der Waals surface area (Å²) >= 11 is 5.73. The number of rotatable bonds is 5. The Bertz CT molecular complexity index is 369. The molecule has 3 N–H and O–H groups in total. The van der Waals surface area contributed by atoms with Gasteiger partial charge in [-0.15, -0.1) is 0 Å². The quantitative estimate of drug-likeness (QED) is 0.775. The lowest BCUT2D eigenvalue weighted by molar-refractivity contribution is -0.123. The molecule has 0 aromatic heterocycles. The molecule has 1 amide bonds. The van der Waals surface area contributed by atoms with E-state index in [1.165, 1.54) is 0 Å². The van der Waals surface area contributed by atoms with E-state index >= 15 is 0 Å². The summed E-state index contributed by atoms with van der Waals surface area (Å²) in [6.07, 6.45) is 0.898. The van der Waals surface area contributed by atoms with Crippen molar-refractivity contribution >= 4 is 23.2 Å². The van der Waals surface area contributed by atoms with Crippen molar-refractivity contribution in [2.75, 3.05) is 18.9 Å². The molecule has 1 aromatic carbocycles. The second-order valence-corrected chi connectivity index (χ2v) is 3.76. The van der Waals surface area contributed by atoms with Crippen molar-refractivity contribution in [1.82, 2.24) is 5.32 Å². The molecule has 0 unspecified atom stereocenters. The van der Waals surface area contributed by atoms with Crippen LogP contribution in [0.5, 0.6) is 5.75 Å². The predicted octanol–water partition coefficient (Wildman–Crippen LogP) is 1.83. The molecule has 88 valence electrons. The van der Waals surface area contributed by atoms with E-state index in [1.54, 1.807) is 18.2 Å². The Morgan fingerprint density at radius 1 is 1.56 bits per heavy atom. The van der Waals surface area contributed by atoms with Crippen molar-refractivity contribution in [1.29, 1.82) is 0 Å². The highest BCUT2D eigenvalue weighted by Gasteiger charge is 2.04. The van der Waals surface area contributed by atoms with E-state index < -0.39 is 0 Å². The third-order valence-corrected chi connectivity index (χ3v) is 2.14. The number of ether oxygens (including phenoxy) is 1. The maximum atomic E-state index is 11.3. The first-order valence-corrected chi connectivity index (χ1v) is 5.45. The van der Waals surface area contributed by atoms with Gasteiger partial charge in [-0.3, -0.25) is 4.79 Å². The van der Waals surface area contributed by atoms with E-state index in [-0.39, 0.29) is 12.5 Å². The van der Waals surface area contributed by atoms with Crippen molar-refractivity contribution in [2.45, 2.75) is 13.3 Å². The molecule has 0 radical (unpaired) electrons. The van der Waals surface area contributed by atoms with E-state index in [9.17, 15) is 4.79 Å². The maximum Gasteiger partial charge on any atom is 0.257 e. The van der Waals surface area contributed by atoms with E-state index in [2.05, 4.69) is 5.32 Å². The molecule has 16 heavy (non-hydrogen) atoms. The van der Waals surface area contributed by atoms with Gasteiger partial charge in [0.2, 0.25) is 0 Å². The van der Waals surface area contributed by atoms with Crippen LogP contribution in [0.1, 0.15) is 13.3 Å². The SMILES string of the molecule is CCCNC(=O)COc1ccc(Cl)cc1N. The van der Waals surface area contributed by atoms with Crippen LogP contribution < -0.4 is 15.8 Å². The van der Waals surface area contributed by atoms with Gasteiger partial charge in [0, 0.05) is 11.6 Å². The Balaban J connectivity index is 2.45. The number of nitrogen functional groups attached to an aromatic ring is 1. The summed E-state index contributed by atoms with van der Waals surface area (Å²) in [5.74, 6) is 0.312. The molecule has 0 aliphatic rings. The zero-order valence-corrected chi connectivity index (χ0v) is 9.88. The van der Waals surface area contributed by atoms with Gasteiger partial charge in [0.1, 0.15) is 5.75 Å². The molecular formula is C11H15ClN2O2. The van der Waals surface area contributed by atoms with Crippen molar-refractivity contribution in [3.05, 3.63) is 23.2 Å². The third-order valence-electron chi connectivity index (χ3n) is 1.90. The minimum Gasteiger partial charge on any atom is -0.482 e. The Kier molecular flexibility index (Phi) is 4.92. The number of benzene rings is 1. The lowest BCUT2D eigenvalue weighted by atomic mass is 10.3. The number of halogens is 1. The van der Waals surface area contributed by atoms with Crippen molar-refractivity contribution in [2.24, 2.45) is 0 Å². The summed E-state index contributed by atoms with van der Waals surface area (Å²) in [6.45, 7) is 2.60. The number of hydrogen-bond donors (Lipinski definition) is 2. The highest BCUT2D eigenvalue weighted by molar-refractivity contribution is 6.30. The monoisotopic (exact) mass is 242 g/mol. The number of nitrogens with one attached hydrogen (secondary N) is 1. The van der Waals surface area contributed by atoms with Gasteiger partial charge in [0.15, 0.2) is 6.61 Å². The molecule has 1 rings (SSSR count). The summed E-state index contributed by atoms with van der Waals surface area (Å²) in [7, 11) is 0. The average molecular weight is 243 g/mol. The summed E-state index contributed by atoms with van der Waals surface area (Å²) < 4.78 is 5.25. The summed E-state index contributed by atoms with van der Waals surface area (Å²) in [4.78, 5) is 11.3. The normalized spacial score (nSPS) is 9.88. The fraction of sp³-hybridized carbons (Fsp3) is 0.364. The van der Waals surface area contributed by atoms with Gasteiger partial charge < -0.3 is 15.8 Å². The fourth-order valence-corrected chi connectivity index (χ4v) is 1.29. The van der Waals surface area contributed by atoms with Gasteiger partial charge in [-0.25, -0.2) is 0 Å². The summed E-state index contributed by atoms with van der Waals surface area (Å²) in [5.41, 5.74) is 6.09. The molecule has 0 spiro atoms. The highest BCUT2D eigenvalue weighted by atomic mass is 35.5. The number of nitrogens with two attached hydrogens (primary N) is 1. The Morgan fingerprint density at radius 2 is 2.31 bits per heavy atom. The van der Waals surface area contributed by atoms with Gasteiger partial charge in [-0.2, -0.15) is 0 Å². The Morgan fingerprint density at radius 3 is 2.94 bits per heavy atom. The van der Waals surface area contributed by atoms with Gasteiger partial charge in [0.05, 0.1) is 5.69 Å². The van der Waals surface area contributed by atoms with Gasteiger partial charge in [0.25, 0.3) is 5.91 Å².